The van der Waals surface area contributed by atoms with Crippen molar-refractivity contribution in [3.05, 3.63) is 48.3 Å². The van der Waals surface area contributed by atoms with E-state index in [1.54, 1.807) is 42.7 Å². The van der Waals surface area contributed by atoms with E-state index in [4.69, 9.17) is 5.73 Å². The number of carbonyl (C=O) groups is 2. The van der Waals surface area contributed by atoms with Crippen molar-refractivity contribution in [1.82, 2.24) is 20.2 Å². The average Bonchev–Trinajstić information content (AvgIpc) is 2.69. The summed E-state index contributed by atoms with van der Waals surface area (Å²) in [5.41, 5.74) is 6.63. The second-order valence-electron chi connectivity index (χ2n) is 6.01. The lowest BCUT2D eigenvalue weighted by molar-refractivity contribution is -0.131. The number of benzene rings is 1. The predicted molar refractivity (Wildman–Crippen MR) is 98.6 cm³/mol. The van der Waals surface area contributed by atoms with Crippen molar-refractivity contribution in [2.75, 3.05) is 43.4 Å². The molecular formula is C18H22N6O2. The zero-order valence-electron chi connectivity index (χ0n) is 14.5. The van der Waals surface area contributed by atoms with Crippen LogP contribution >= 0.6 is 0 Å². The maximum atomic E-state index is 12.3. The van der Waals surface area contributed by atoms with Crippen molar-refractivity contribution in [3.63, 3.8) is 0 Å². The largest absolute Gasteiger partial charge is 0.398 e. The van der Waals surface area contributed by atoms with Gasteiger partial charge in [-0.2, -0.15) is 0 Å². The van der Waals surface area contributed by atoms with E-state index in [0.717, 1.165) is 0 Å². The summed E-state index contributed by atoms with van der Waals surface area (Å²) < 4.78 is 0. The van der Waals surface area contributed by atoms with Gasteiger partial charge in [0.25, 0.3) is 5.91 Å². The zero-order chi connectivity index (χ0) is 18.4. The lowest BCUT2D eigenvalue weighted by Gasteiger charge is -2.34. The van der Waals surface area contributed by atoms with E-state index in [2.05, 4.69) is 20.2 Å². The fourth-order valence-electron chi connectivity index (χ4n) is 2.85. The predicted octanol–water partition coefficient (Wildman–Crippen LogP) is 0.527. The molecule has 8 nitrogen and oxygen atoms in total. The minimum atomic E-state index is -0.262. The number of nitrogens with zero attached hydrogens (tertiary/aromatic N) is 4. The Labute approximate surface area is 152 Å². The van der Waals surface area contributed by atoms with Gasteiger partial charge in [-0.05, 0) is 18.2 Å². The highest BCUT2D eigenvalue weighted by molar-refractivity contribution is 5.99. The Morgan fingerprint density at radius 3 is 2.42 bits per heavy atom. The Morgan fingerprint density at radius 2 is 1.73 bits per heavy atom. The molecule has 2 aromatic rings. The van der Waals surface area contributed by atoms with Gasteiger partial charge in [0.05, 0.1) is 5.56 Å². The number of rotatable bonds is 5. The first-order chi connectivity index (χ1) is 12.6. The van der Waals surface area contributed by atoms with Crippen LogP contribution in [0.5, 0.6) is 0 Å². The minimum absolute atomic E-state index is 0.0277. The average molecular weight is 354 g/mol. The summed E-state index contributed by atoms with van der Waals surface area (Å²) >= 11 is 0. The fraction of sp³-hybridized carbons (Fsp3) is 0.333. The number of carbonyl (C=O) groups excluding carboxylic acids is 2. The number of hydrogen-bond acceptors (Lipinski definition) is 6. The number of piperazine rings is 1. The number of aromatic nitrogens is 2. The van der Waals surface area contributed by atoms with Crippen LogP contribution in [0.15, 0.2) is 42.7 Å². The molecule has 1 saturated heterocycles. The Morgan fingerprint density at radius 1 is 1.04 bits per heavy atom. The van der Waals surface area contributed by atoms with E-state index < -0.39 is 0 Å². The second kappa shape index (κ2) is 8.28. The molecule has 1 aromatic heterocycles. The molecule has 0 spiro atoms. The highest BCUT2D eigenvalue weighted by Crippen LogP contribution is 2.11. The summed E-state index contributed by atoms with van der Waals surface area (Å²) in [5, 5.41) is 2.75. The summed E-state index contributed by atoms with van der Waals surface area (Å²) in [5.74, 6) is 0.453. The summed E-state index contributed by atoms with van der Waals surface area (Å²) in [7, 11) is 0. The van der Waals surface area contributed by atoms with Crippen LogP contribution in [0.1, 0.15) is 16.8 Å². The molecule has 26 heavy (non-hydrogen) atoms. The molecule has 1 aliphatic rings. The molecule has 136 valence electrons. The van der Waals surface area contributed by atoms with Gasteiger partial charge < -0.3 is 20.9 Å². The molecular weight excluding hydrogens is 332 g/mol. The number of hydrogen-bond donors (Lipinski definition) is 2. The number of para-hydroxylation sites is 1. The number of nitrogen functional groups attached to an aromatic ring is 1. The highest BCUT2D eigenvalue weighted by Gasteiger charge is 2.22. The lowest BCUT2D eigenvalue weighted by Crippen LogP contribution is -2.49. The Balaban J connectivity index is 1.42. The molecule has 2 heterocycles. The minimum Gasteiger partial charge on any atom is -0.398 e. The van der Waals surface area contributed by atoms with Crippen molar-refractivity contribution < 1.29 is 9.59 Å². The number of amides is 2. The van der Waals surface area contributed by atoms with Crippen LogP contribution in [-0.4, -0.2) is 59.4 Å². The monoisotopic (exact) mass is 354 g/mol. The molecule has 2 amide bonds. The van der Waals surface area contributed by atoms with E-state index >= 15 is 0 Å². The van der Waals surface area contributed by atoms with Gasteiger partial charge in [-0.15, -0.1) is 0 Å². The van der Waals surface area contributed by atoms with Gasteiger partial charge in [-0.1, -0.05) is 12.1 Å². The third-order valence-electron chi connectivity index (χ3n) is 4.30. The van der Waals surface area contributed by atoms with Crippen LogP contribution in [0.4, 0.5) is 11.6 Å². The summed E-state index contributed by atoms with van der Waals surface area (Å²) in [6, 6.07) is 8.65. The van der Waals surface area contributed by atoms with Gasteiger partial charge in [0.2, 0.25) is 11.9 Å². The fourth-order valence-corrected chi connectivity index (χ4v) is 2.85. The van der Waals surface area contributed by atoms with Crippen molar-refractivity contribution >= 4 is 23.5 Å². The molecule has 1 aliphatic heterocycles. The van der Waals surface area contributed by atoms with Crippen LogP contribution in [-0.2, 0) is 4.79 Å². The number of anilines is 2. The van der Waals surface area contributed by atoms with E-state index in [9.17, 15) is 9.59 Å². The van der Waals surface area contributed by atoms with Crippen molar-refractivity contribution in [2.45, 2.75) is 6.42 Å². The Kier molecular flexibility index (Phi) is 5.62. The van der Waals surface area contributed by atoms with Gasteiger partial charge in [-0.3, -0.25) is 9.59 Å². The standard InChI is InChI=1S/C18H22N6O2/c19-15-5-2-1-4-14(15)17(26)20-9-6-16(25)23-10-12-24(13-11-23)18-21-7-3-8-22-18/h1-5,7-8H,6,9-13,19H2,(H,20,26). The first-order valence-electron chi connectivity index (χ1n) is 8.57. The van der Waals surface area contributed by atoms with Gasteiger partial charge in [0.15, 0.2) is 0 Å². The van der Waals surface area contributed by atoms with Crippen LogP contribution in [0.2, 0.25) is 0 Å². The van der Waals surface area contributed by atoms with E-state index in [-0.39, 0.29) is 24.8 Å². The second-order valence-corrected chi connectivity index (χ2v) is 6.01. The summed E-state index contributed by atoms with van der Waals surface area (Å²) in [6.07, 6.45) is 3.68. The van der Waals surface area contributed by atoms with Crippen LogP contribution < -0.4 is 16.0 Å². The van der Waals surface area contributed by atoms with Crippen LogP contribution in [0, 0.1) is 0 Å². The topological polar surface area (TPSA) is 104 Å². The van der Waals surface area contributed by atoms with Crippen LogP contribution in [0.25, 0.3) is 0 Å². The van der Waals surface area contributed by atoms with E-state index in [1.165, 1.54) is 0 Å². The molecule has 0 aliphatic carbocycles. The van der Waals surface area contributed by atoms with Crippen molar-refractivity contribution in [1.29, 1.82) is 0 Å². The molecule has 1 aromatic carbocycles. The third-order valence-corrected chi connectivity index (χ3v) is 4.30. The maximum absolute atomic E-state index is 12.3. The Hall–Kier alpha value is -3.16. The summed E-state index contributed by atoms with van der Waals surface area (Å²) in [6.45, 7) is 2.92. The number of nitrogens with two attached hydrogens (primary N) is 1. The van der Waals surface area contributed by atoms with E-state index in [1.807, 2.05) is 4.90 Å². The van der Waals surface area contributed by atoms with Crippen LogP contribution in [0.3, 0.4) is 0 Å². The first-order valence-corrected chi connectivity index (χ1v) is 8.57. The summed E-state index contributed by atoms with van der Waals surface area (Å²) in [4.78, 5) is 36.7. The molecule has 0 radical (unpaired) electrons. The van der Waals surface area contributed by atoms with Gasteiger partial charge in [0, 0.05) is 57.2 Å². The van der Waals surface area contributed by atoms with E-state index in [0.29, 0.717) is 43.4 Å². The first kappa shape index (κ1) is 17.7. The Bertz CT molecular complexity index is 759. The molecule has 0 saturated carbocycles. The van der Waals surface area contributed by atoms with Crippen molar-refractivity contribution in [3.8, 4) is 0 Å². The molecule has 3 N–H and O–H groups in total. The maximum Gasteiger partial charge on any atom is 0.253 e. The molecule has 3 rings (SSSR count). The highest BCUT2D eigenvalue weighted by atomic mass is 16.2. The molecule has 0 unspecified atom stereocenters. The normalized spacial score (nSPS) is 14.2. The molecule has 1 fully saturated rings. The van der Waals surface area contributed by atoms with Gasteiger partial charge in [-0.25, -0.2) is 9.97 Å². The molecule has 0 bridgehead atoms. The zero-order valence-corrected chi connectivity index (χ0v) is 14.5. The third kappa shape index (κ3) is 4.27. The lowest BCUT2D eigenvalue weighted by atomic mass is 10.1. The van der Waals surface area contributed by atoms with Gasteiger partial charge in [0.1, 0.15) is 0 Å². The molecule has 0 atom stereocenters. The van der Waals surface area contributed by atoms with Gasteiger partial charge >= 0.3 is 0 Å². The number of nitrogens with one attached hydrogen (secondary N) is 1. The smallest absolute Gasteiger partial charge is 0.253 e. The molecule has 8 heteroatoms. The SMILES string of the molecule is Nc1ccccc1C(=O)NCCC(=O)N1CCN(c2ncccn2)CC1. The van der Waals surface area contributed by atoms with Crippen molar-refractivity contribution in [2.24, 2.45) is 0 Å². The quantitative estimate of drug-likeness (QED) is 0.759.